The van der Waals surface area contributed by atoms with E-state index in [4.69, 9.17) is 9.47 Å². The first-order valence-electron chi connectivity index (χ1n) is 18.5. The van der Waals surface area contributed by atoms with Crippen LogP contribution in [0.2, 0.25) is 0 Å². The Kier molecular flexibility index (Phi) is 17.0. The summed E-state index contributed by atoms with van der Waals surface area (Å²) in [6, 6.07) is 33.9. The van der Waals surface area contributed by atoms with Crippen LogP contribution in [0.4, 0.5) is 0 Å². The first-order valence-corrected chi connectivity index (χ1v) is 18.5. The van der Waals surface area contributed by atoms with Crippen LogP contribution in [0.25, 0.3) is 0 Å². The summed E-state index contributed by atoms with van der Waals surface area (Å²) in [5, 5.41) is 42.9. The van der Waals surface area contributed by atoms with E-state index in [9.17, 15) is 39.6 Å². The van der Waals surface area contributed by atoms with E-state index in [0.717, 1.165) is 27.8 Å². The number of nitrogens with one attached hydrogen (secondary N) is 2. The van der Waals surface area contributed by atoms with Gasteiger partial charge >= 0.3 is 11.9 Å². The summed E-state index contributed by atoms with van der Waals surface area (Å²) in [5.41, 5.74) is 4.29. The highest BCUT2D eigenvalue weighted by Crippen LogP contribution is 2.16. The molecule has 0 heterocycles. The van der Waals surface area contributed by atoms with Crippen molar-refractivity contribution in [2.45, 2.75) is 64.1 Å². The number of aryl methyl sites for hydroxylation is 2. The average Bonchev–Trinajstić information content (AvgIpc) is 3.21. The van der Waals surface area contributed by atoms with Gasteiger partial charge in [-0.2, -0.15) is 0 Å². The molecule has 5 rings (SSSR count). The topological polar surface area (TPSA) is 192 Å². The smallest absolute Gasteiger partial charge is 0.329 e. The predicted octanol–water partition coefficient (Wildman–Crippen LogP) is 5.82. The maximum absolute atomic E-state index is 12.7. The van der Waals surface area contributed by atoms with Crippen molar-refractivity contribution in [3.05, 3.63) is 155 Å². The predicted molar refractivity (Wildman–Crippen MR) is 213 cm³/mol. The number of rotatable bonds is 17. The van der Waals surface area contributed by atoms with Gasteiger partial charge in [-0.3, -0.25) is 9.59 Å². The summed E-state index contributed by atoms with van der Waals surface area (Å²) in [7, 11) is 0. The van der Waals surface area contributed by atoms with Gasteiger partial charge in [0.25, 0.3) is 0 Å². The van der Waals surface area contributed by atoms with Gasteiger partial charge in [0.2, 0.25) is 11.8 Å². The molecule has 12 heteroatoms. The summed E-state index contributed by atoms with van der Waals surface area (Å²) in [6.45, 7) is 2.06. The van der Waals surface area contributed by atoms with Crippen molar-refractivity contribution in [3.8, 4) is 23.0 Å². The van der Waals surface area contributed by atoms with Gasteiger partial charge in [-0.15, -0.1) is 0 Å². The lowest BCUT2D eigenvalue weighted by molar-refractivity contribution is -0.149. The van der Waals surface area contributed by atoms with Crippen molar-refractivity contribution in [1.29, 1.82) is 0 Å². The van der Waals surface area contributed by atoms with Gasteiger partial charge in [-0.25, -0.2) is 9.59 Å². The lowest BCUT2D eigenvalue weighted by atomic mass is 10.0. The van der Waals surface area contributed by atoms with E-state index >= 15 is 0 Å². The van der Waals surface area contributed by atoms with E-state index in [1.807, 2.05) is 30.3 Å². The monoisotopic (exact) mass is 776 g/mol. The largest absolute Gasteiger partial charge is 0.508 e. The maximum atomic E-state index is 12.7. The number of benzene rings is 5. The van der Waals surface area contributed by atoms with Crippen LogP contribution in [0.1, 0.15) is 47.6 Å². The molecule has 12 nitrogen and oxygen atoms in total. The number of hydrogen-bond acceptors (Lipinski definition) is 10. The SMILES string of the molecule is CCOC(=O)C(Cc1ccc(O)cc1)NC(=O)CCc1ccc(O)cc1.O=C(CCc1ccc(O)cc1)NC(Cc1ccc(O)cc1)C(=O)OCc1ccccc1. The molecule has 6 N–H and O–H groups in total. The quantitative estimate of drug-likeness (QED) is 0.0628. The number of hydrogen-bond donors (Lipinski definition) is 6. The Morgan fingerprint density at radius 1 is 0.474 bits per heavy atom. The summed E-state index contributed by atoms with van der Waals surface area (Å²) >= 11 is 0. The minimum Gasteiger partial charge on any atom is -0.508 e. The Labute approximate surface area is 331 Å². The molecule has 0 saturated carbocycles. The van der Waals surface area contributed by atoms with Gasteiger partial charge in [0, 0.05) is 25.7 Å². The molecule has 2 amide bonds. The Morgan fingerprint density at radius 3 is 1.19 bits per heavy atom. The second-order valence-corrected chi connectivity index (χ2v) is 13.2. The molecule has 5 aromatic carbocycles. The zero-order valence-corrected chi connectivity index (χ0v) is 31.7. The van der Waals surface area contributed by atoms with E-state index in [-0.39, 0.29) is 73.7 Å². The number of aromatic hydroxyl groups is 4. The van der Waals surface area contributed by atoms with Crippen molar-refractivity contribution >= 4 is 23.8 Å². The second-order valence-electron chi connectivity index (χ2n) is 13.2. The maximum Gasteiger partial charge on any atom is 0.329 e. The lowest BCUT2D eigenvalue weighted by Crippen LogP contribution is -2.43. The first-order chi connectivity index (χ1) is 27.5. The highest BCUT2D eigenvalue weighted by atomic mass is 16.5. The van der Waals surface area contributed by atoms with Crippen molar-refractivity contribution in [2.24, 2.45) is 0 Å². The fourth-order valence-electron chi connectivity index (χ4n) is 5.57. The average molecular weight is 777 g/mol. The molecule has 0 radical (unpaired) electrons. The highest BCUT2D eigenvalue weighted by Gasteiger charge is 2.24. The number of phenolic OH excluding ortho intramolecular Hbond substituents is 4. The summed E-state index contributed by atoms with van der Waals surface area (Å²) in [4.78, 5) is 49.6. The molecule has 0 aliphatic rings. The summed E-state index contributed by atoms with van der Waals surface area (Å²) in [6.07, 6.45) is 1.93. The Balaban J connectivity index is 0.000000257. The van der Waals surface area contributed by atoms with Crippen LogP contribution in [0.15, 0.2) is 127 Å². The van der Waals surface area contributed by atoms with E-state index in [2.05, 4.69) is 10.6 Å². The third-order valence-corrected chi connectivity index (χ3v) is 8.66. The van der Waals surface area contributed by atoms with Crippen molar-refractivity contribution < 1.29 is 49.1 Å². The lowest BCUT2D eigenvalue weighted by Gasteiger charge is -2.18. The molecular formula is C45H48N2O10. The first kappa shape index (κ1) is 42.9. The van der Waals surface area contributed by atoms with Gasteiger partial charge in [-0.1, -0.05) is 78.9 Å². The molecule has 298 valence electrons. The zero-order chi connectivity index (χ0) is 41.0. The fraction of sp³-hybridized carbons (Fsp3) is 0.244. The molecule has 5 aromatic rings. The zero-order valence-electron chi connectivity index (χ0n) is 31.7. The molecule has 2 unspecified atom stereocenters. The minimum absolute atomic E-state index is 0.120. The third-order valence-electron chi connectivity index (χ3n) is 8.66. The van der Waals surface area contributed by atoms with E-state index < -0.39 is 24.0 Å². The molecule has 0 fully saturated rings. The second kappa shape index (κ2) is 22.5. The van der Waals surface area contributed by atoms with E-state index in [0.29, 0.717) is 12.8 Å². The van der Waals surface area contributed by atoms with Gasteiger partial charge in [0.05, 0.1) is 6.61 Å². The molecule has 0 bridgehead atoms. The molecule has 0 saturated heterocycles. The number of carbonyl (C=O) groups is 4. The van der Waals surface area contributed by atoms with E-state index in [1.54, 1.807) is 79.7 Å². The van der Waals surface area contributed by atoms with Crippen LogP contribution < -0.4 is 10.6 Å². The fourth-order valence-corrected chi connectivity index (χ4v) is 5.57. The Bertz CT molecular complexity index is 2000. The van der Waals surface area contributed by atoms with Crippen molar-refractivity contribution in [3.63, 3.8) is 0 Å². The van der Waals surface area contributed by atoms with Crippen LogP contribution in [0, 0.1) is 0 Å². The molecule has 0 aliphatic heterocycles. The van der Waals surface area contributed by atoms with Gasteiger partial charge in [-0.05, 0) is 96.1 Å². The van der Waals surface area contributed by atoms with Crippen molar-refractivity contribution in [2.75, 3.05) is 6.61 Å². The van der Waals surface area contributed by atoms with Crippen LogP contribution in [-0.2, 0) is 60.9 Å². The van der Waals surface area contributed by atoms with E-state index in [1.165, 1.54) is 24.3 Å². The number of esters is 2. The molecule has 0 aromatic heterocycles. The normalized spacial score (nSPS) is 11.5. The summed E-state index contributed by atoms with van der Waals surface area (Å²) < 4.78 is 10.5. The Morgan fingerprint density at radius 2 is 0.825 bits per heavy atom. The number of carbonyl (C=O) groups excluding carboxylic acids is 4. The van der Waals surface area contributed by atoms with Gasteiger partial charge < -0.3 is 40.5 Å². The minimum atomic E-state index is -0.847. The standard InChI is InChI=1S/C25H25NO5.C20H23NO5/c27-21-11-6-18(7-12-21)10-15-24(29)26-23(16-19-8-13-22(28)14-9-19)25(30)31-17-20-4-2-1-3-5-20;1-2-26-20(25)18(13-15-5-10-17(23)11-6-15)21-19(24)12-7-14-3-8-16(22)9-4-14/h1-9,11-14,23,27-28H,10,15-17H2,(H,26,29);3-6,8-11,18,22-23H,2,7,12-13H2,1H3,(H,21,24). The van der Waals surface area contributed by atoms with Crippen LogP contribution in [0.5, 0.6) is 23.0 Å². The van der Waals surface area contributed by atoms with Crippen LogP contribution >= 0.6 is 0 Å². The molecule has 0 spiro atoms. The van der Waals surface area contributed by atoms with Gasteiger partial charge in [0.1, 0.15) is 41.7 Å². The highest BCUT2D eigenvalue weighted by molar-refractivity contribution is 5.85. The third kappa shape index (κ3) is 15.8. The van der Waals surface area contributed by atoms with Crippen molar-refractivity contribution in [1.82, 2.24) is 10.6 Å². The molecule has 0 aliphatic carbocycles. The summed E-state index contributed by atoms with van der Waals surface area (Å²) in [5.74, 6) is -0.918. The number of amides is 2. The van der Waals surface area contributed by atoms with Crippen LogP contribution in [-0.4, -0.2) is 62.9 Å². The molecule has 57 heavy (non-hydrogen) atoms. The Hall–Kier alpha value is -6.82. The van der Waals surface area contributed by atoms with Crippen LogP contribution in [0.3, 0.4) is 0 Å². The van der Waals surface area contributed by atoms with Gasteiger partial charge in [0.15, 0.2) is 0 Å². The molecule has 2 atom stereocenters. The molecular weight excluding hydrogens is 728 g/mol. The number of phenols is 4. The number of ether oxygens (including phenoxy) is 2.